The number of halogens is 2. The first-order valence-corrected chi connectivity index (χ1v) is 20.5. The molecule has 0 aromatic carbocycles. The van der Waals surface area contributed by atoms with Crippen molar-refractivity contribution in [1.82, 2.24) is 15.0 Å². The lowest BCUT2D eigenvalue weighted by Gasteiger charge is -2.12. The molecule has 11 nitrogen and oxygen atoms in total. The Kier molecular flexibility index (Phi) is 15.0. The smallest absolute Gasteiger partial charge is 0.214 e. The van der Waals surface area contributed by atoms with Gasteiger partial charge in [0.1, 0.15) is 10.3 Å². The summed E-state index contributed by atoms with van der Waals surface area (Å²) in [6.45, 7) is 5.42. The standard InChI is InChI=1S/C11H15ClN2OS.C10H13N3OS.C9H10ClN3OS/c1-13-16(15)6-2-3-10(16)7-9-4-5-11(12)14-8-9;1-8-4-5-10(6-12-8)9(2)15(3,14)13-7-11;1-7(15(2,14)13-6-11)8-3-4-9(10)12-5-8/h4-5,8,10H,2-3,6-7H2,1H3;4-6,9H,1-3H3;3-5,7H,1-2H3. The maximum atomic E-state index is 12.3. The highest BCUT2D eigenvalue weighted by Crippen LogP contribution is 2.26. The minimum atomic E-state index is -2.55. The Morgan fingerprint density at radius 2 is 1.39 bits per heavy atom. The molecule has 0 bridgehead atoms. The van der Waals surface area contributed by atoms with Crippen molar-refractivity contribution >= 4 is 52.4 Å². The van der Waals surface area contributed by atoms with Crippen LogP contribution in [0.25, 0.3) is 0 Å². The lowest BCUT2D eigenvalue weighted by molar-refractivity contribution is 0.666. The summed E-state index contributed by atoms with van der Waals surface area (Å²) in [6, 6.07) is 10.8. The van der Waals surface area contributed by atoms with E-state index in [0.717, 1.165) is 47.4 Å². The second-order valence-electron chi connectivity index (χ2n) is 10.6. The van der Waals surface area contributed by atoms with Crippen molar-refractivity contribution in [1.29, 1.82) is 10.5 Å². The number of hydrogen-bond donors (Lipinski definition) is 0. The molecule has 3 aromatic rings. The van der Waals surface area contributed by atoms with Gasteiger partial charge in [0.25, 0.3) is 0 Å². The van der Waals surface area contributed by atoms with Crippen molar-refractivity contribution in [2.75, 3.05) is 25.3 Å². The molecule has 4 rings (SSSR count). The number of aryl methyl sites for hydroxylation is 1. The van der Waals surface area contributed by atoms with Gasteiger partial charge < -0.3 is 0 Å². The largest absolute Gasteiger partial charge is 0.261 e. The monoisotopic (exact) mass is 724 g/mol. The average molecular weight is 726 g/mol. The fourth-order valence-corrected chi connectivity index (χ4v) is 8.84. The van der Waals surface area contributed by atoms with Crippen LogP contribution in [0.15, 0.2) is 68.1 Å². The molecule has 0 aliphatic carbocycles. The van der Waals surface area contributed by atoms with Crippen LogP contribution in [0.3, 0.4) is 0 Å². The first-order chi connectivity index (χ1) is 21.6. The van der Waals surface area contributed by atoms with E-state index >= 15 is 0 Å². The second kappa shape index (κ2) is 17.7. The first kappa shape index (κ1) is 39.0. The van der Waals surface area contributed by atoms with Crippen LogP contribution in [-0.2, 0) is 35.6 Å². The summed E-state index contributed by atoms with van der Waals surface area (Å²) in [5.41, 5.74) is 3.59. The van der Waals surface area contributed by atoms with Gasteiger partial charge in [0.15, 0.2) is 0 Å². The zero-order chi connectivity index (χ0) is 34.5. The van der Waals surface area contributed by atoms with Crippen molar-refractivity contribution < 1.29 is 12.6 Å². The number of rotatable bonds is 6. The molecule has 6 unspecified atom stereocenters. The molecule has 1 aliphatic heterocycles. The minimum Gasteiger partial charge on any atom is -0.261 e. The van der Waals surface area contributed by atoms with E-state index in [1.54, 1.807) is 70.1 Å². The molecule has 0 spiro atoms. The fraction of sp³-hybridized carbons (Fsp3) is 0.433. The predicted octanol–water partition coefficient (Wildman–Crippen LogP) is 6.94. The van der Waals surface area contributed by atoms with E-state index in [1.165, 1.54) is 12.5 Å². The van der Waals surface area contributed by atoms with Gasteiger partial charge in [-0.15, -0.1) is 8.73 Å². The van der Waals surface area contributed by atoms with Crippen LogP contribution >= 0.6 is 23.2 Å². The Bertz CT molecular complexity index is 1820. The fourth-order valence-electron chi connectivity index (χ4n) is 4.30. The highest BCUT2D eigenvalue weighted by atomic mass is 35.5. The van der Waals surface area contributed by atoms with Crippen molar-refractivity contribution in [3.8, 4) is 12.4 Å². The van der Waals surface area contributed by atoms with E-state index in [0.29, 0.717) is 10.3 Å². The van der Waals surface area contributed by atoms with E-state index in [4.69, 9.17) is 33.7 Å². The molecule has 46 heavy (non-hydrogen) atoms. The van der Waals surface area contributed by atoms with Crippen LogP contribution in [0, 0.1) is 29.8 Å². The number of pyridine rings is 3. The third kappa shape index (κ3) is 11.6. The minimum absolute atomic E-state index is 0.181. The average Bonchev–Trinajstić information content (AvgIpc) is 3.39. The molecule has 0 saturated carbocycles. The maximum Gasteiger partial charge on any atom is 0.214 e. The van der Waals surface area contributed by atoms with Gasteiger partial charge in [-0.3, -0.25) is 4.98 Å². The highest BCUT2D eigenvalue weighted by Gasteiger charge is 2.29. The van der Waals surface area contributed by atoms with Gasteiger partial charge in [-0.1, -0.05) is 41.4 Å². The number of aromatic nitrogens is 3. The van der Waals surface area contributed by atoms with Crippen LogP contribution in [0.5, 0.6) is 0 Å². The van der Waals surface area contributed by atoms with Gasteiger partial charge >= 0.3 is 0 Å². The summed E-state index contributed by atoms with van der Waals surface area (Å²) in [5.74, 6) is 0.745. The molecule has 0 amide bonds. The van der Waals surface area contributed by atoms with E-state index in [1.807, 2.05) is 25.1 Å². The van der Waals surface area contributed by atoms with Gasteiger partial charge in [0.05, 0.1) is 30.0 Å². The van der Waals surface area contributed by atoms with Crippen LogP contribution in [0.2, 0.25) is 10.3 Å². The van der Waals surface area contributed by atoms with Gasteiger partial charge in [-0.25, -0.2) is 27.0 Å². The molecule has 1 aliphatic rings. The summed E-state index contributed by atoms with van der Waals surface area (Å²) in [6.07, 6.45) is 13.9. The summed E-state index contributed by atoms with van der Waals surface area (Å²) in [4.78, 5) is 12.0. The Labute approximate surface area is 283 Å². The maximum absolute atomic E-state index is 12.3. The SMILES string of the molecule is CC(c1ccc(Cl)nc1)S(C)(=O)=NC#N.CN=S1(=O)CCCC1Cc1ccc(Cl)nc1.Cc1ccc(C(C)S(C)(=O)=NC#N)cn1. The first-order valence-electron chi connectivity index (χ1n) is 14.0. The summed E-state index contributed by atoms with van der Waals surface area (Å²) in [7, 11) is -5.36. The molecule has 0 N–H and O–H groups in total. The summed E-state index contributed by atoms with van der Waals surface area (Å²) >= 11 is 11.4. The van der Waals surface area contributed by atoms with E-state index in [-0.39, 0.29) is 15.7 Å². The van der Waals surface area contributed by atoms with Gasteiger partial charge in [0.2, 0.25) is 12.4 Å². The van der Waals surface area contributed by atoms with Crippen molar-refractivity contribution in [3.63, 3.8) is 0 Å². The Morgan fingerprint density at radius 1 is 0.891 bits per heavy atom. The summed E-state index contributed by atoms with van der Waals surface area (Å²) in [5, 5.41) is 17.3. The number of nitriles is 2. The van der Waals surface area contributed by atoms with Gasteiger partial charge in [0, 0.05) is 64.6 Å². The molecular weight excluding hydrogens is 687 g/mol. The third-order valence-corrected chi connectivity index (χ3v) is 14.9. The van der Waals surface area contributed by atoms with Gasteiger partial charge in [-0.05, 0) is 74.9 Å². The van der Waals surface area contributed by atoms with Crippen LogP contribution in [0.4, 0.5) is 0 Å². The van der Waals surface area contributed by atoms with Gasteiger partial charge in [-0.2, -0.15) is 10.5 Å². The topological polar surface area (TPSA) is 175 Å². The van der Waals surface area contributed by atoms with Crippen molar-refractivity contribution in [3.05, 3.63) is 87.7 Å². The van der Waals surface area contributed by atoms with Crippen molar-refractivity contribution in [2.45, 2.75) is 55.8 Å². The van der Waals surface area contributed by atoms with E-state index in [2.05, 4.69) is 28.0 Å². The number of hydrogen-bond acceptors (Lipinski definition) is 11. The van der Waals surface area contributed by atoms with E-state index < -0.39 is 29.2 Å². The molecule has 1 fully saturated rings. The zero-order valence-electron chi connectivity index (χ0n) is 26.5. The van der Waals surface area contributed by atoms with Crippen LogP contribution < -0.4 is 0 Å². The number of nitrogens with zero attached hydrogens (tertiary/aromatic N) is 8. The Hall–Kier alpha value is -3.14. The Balaban J connectivity index is 0.000000240. The normalized spacial score (nSPS) is 20.7. The molecule has 3 aromatic heterocycles. The quantitative estimate of drug-likeness (QED) is 0.194. The third-order valence-electron chi connectivity index (χ3n) is 7.42. The molecule has 0 radical (unpaired) electrons. The molecule has 6 atom stereocenters. The second-order valence-corrected chi connectivity index (χ2v) is 19.4. The lowest BCUT2D eigenvalue weighted by Crippen LogP contribution is -2.18. The molecule has 16 heteroatoms. The van der Waals surface area contributed by atoms with Crippen LogP contribution in [0.1, 0.15) is 59.6 Å². The lowest BCUT2D eigenvalue weighted by atomic mass is 10.1. The highest BCUT2D eigenvalue weighted by molar-refractivity contribution is 7.94. The Morgan fingerprint density at radius 3 is 1.80 bits per heavy atom. The molecule has 248 valence electrons. The molecule has 4 heterocycles. The van der Waals surface area contributed by atoms with E-state index in [9.17, 15) is 12.6 Å². The van der Waals surface area contributed by atoms with Crippen molar-refractivity contribution in [2.24, 2.45) is 13.1 Å². The van der Waals surface area contributed by atoms with Crippen LogP contribution in [-0.4, -0.2) is 58.1 Å². The molecular formula is C30H38Cl2N8O3S3. The molecule has 1 saturated heterocycles. The summed E-state index contributed by atoms with van der Waals surface area (Å²) < 4.78 is 47.2. The predicted molar refractivity (Wildman–Crippen MR) is 187 cm³/mol. The zero-order valence-corrected chi connectivity index (χ0v) is 30.5.